The molecule has 1 aliphatic heterocycles. The molecule has 1 rings (SSSR count). The van der Waals surface area contributed by atoms with E-state index in [1.54, 1.807) is 7.05 Å². The Morgan fingerprint density at radius 3 is 3.00 bits per heavy atom. The number of nitrogens with one attached hydrogen (secondary N) is 2. The van der Waals surface area contributed by atoms with Gasteiger partial charge in [-0.3, -0.25) is 10.4 Å². The predicted octanol–water partition coefficient (Wildman–Crippen LogP) is 0.0263. The molecule has 0 radical (unpaired) electrons. The van der Waals surface area contributed by atoms with Crippen molar-refractivity contribution in [2.24, 2.45) is 4.99 Å². The third-order valence-electron chi connectivity index (χ3n) is 0.999. The summed E-state index contributed by atoms with van der Waals surface area (Å²) in [6.45, 7) is 0. The second-order valence-corrected chi connectivity index (χ2v) is 1.55. The number of hydrazine groups is 1. The van der Waals surface area contributed by atoms with Gasteiger partial charge in [0.15, 0.2) is 0 Å². The molecule has 0 saturated carbocycles. The van der Waals surface area contributed by atoms with E-state index < -0.39 is 0 Å². The molecule has 0 spiro atoms. The van der Waals surface area contributed by atoms with Crippen LogP contribution in [0.4, 0.5) is 0 Å². The number of nitrogens with zero attached hydrogens (tertiary/aromatic N) is 1. The van der Waals surface area contributed by atoms with Crippen LogP contribution in [0, 0.1) is 0 Å². The maximum absolute atomic E-state index is 3.94. The van der Waals surface area contributed by atoms with Gasteiger partial charge in [0.2, 0.25) is 0 Å². The van der Waals surface area contributed by atoms with Gasteiger partial charge >= 0.3 is 0 Å². The lowest BCUT2D eigenvalue weighted by molar-refractivity contribution is 0.782. The second kappa shape index (κ2) is 2.35. The summed E-state index contributed by atoms with van der Waals surface area (Å²) in [5.74, 6) is 0.979. The minimum absolute atomic E-state index is 0.906. The Kier molecular flexibility index (Phi) is 1.51. The summed E-state index contributed by atoms with van der Waals surface area (Å²) in [4.78, 5) is 3.94. The highest BCUT2D eigenvalue weighted by Crippen LogP contribution is 1.86. The third-order valence-corrected chi connectivity index (χ3v) is 0.999. The van der Waals surface area contributed by atoms with Crippen LogP contribution < -0.4 is 10.9 Å². The van der Waals surface area contributed by atoms with E-state index in [0.717, 1.165) is 12.3 Å². The first kappa shape index (κ1) is 5.15. The first-order valence-electron chi connectivity index (χ1n) is 2.55. The summed E-state index contributed by atoms with van der Waals surface area (Å²) in [5, 5.41) is 0. The van der Waals surface area contributed by atoms with E-state index in [2.05, 4.69) is 15.8 Å². The average molecular weight is 111 g/mol. The highest BCUT2D eigenvalue weighted by Gasteiger charge is 1.94. The van der Waals surface area contributed by atoms with Gasteiger partial charge in [-0.05, 0) is 0 Å². The largest absolute Gasteiger partial charge is 0.307 e. The van der Waals surface area contributed by atoms with E-state index in [0.29, 0.717) is 0 Å². The normalized spacial score (nSPS) is 22.4. The second-order valence-electron chi connectivity index (χ2n) is 1.55. The van der Waals surface area contributed by atoms with Crippen molar-refractivity contribution < 1.29 is 0 Å². The lowest BCUT2D eigenvalue weighted by Crippen LogP contribution is -2.35. The van der Waals surface area contributed by atoms with Gasteiger partial charge in [0, 0.05) is 19.7 Å². The van der Waals surface area contributed by atoms with Crippen LogP contribution in [0.1, 0.15) is 6.42 Å². The fourth-order valence-electron chi connectivity index (χ4n) is 0.553. The third kappa shape index (κ3) is 0.992. The molecule has 0 atom stereocenters. The van der Waals surface area contributed by atoms with Crippen molar-refractivity contribution in [1.82, 2.24) is 10.9 Å². The quantitative estimate of drug-likeness (QED) is 0.462. The molecule has 0 aromatic carbocycles. The summed E-state index contributed by atoms with van der Waals surface area (Å²) in [6, 6.07) is 0. The van der Waals surface area contributed by atoms with Crippen molar-refractivity contribution in [2.75, 3.05) is 7.05 Å². The summed E-state index contributed by atoms with van der Waals surface area (Å²) in [7, 11) is 1.77. The average Bonchev–Trinajstić information content (AvgIpc) is 1.90. The zero-order valence-corrected chi connectivity index (χ0v) is 4.81. The molecule has 0 aromatic rings. The van der Waals surface area contributed by atoms with Crippen molar-refractivity contribution in [2.45, 2.75) is 6.42 Å². The van der Waals surface area contributed by atoms with Crippen molar-refractivity contribution in [3.63, 3.8) is 0 Å². The van der Waals surface area contributed by atoms with Gasteiger partial charge in [-0.15, -0.1) is 0 Å². The van der Waals surface area contributed by atoms with E-state index in [4.69, 9.17) is 0 Å². The molecule has 1 aliphatic rings. The maximum Gasteiger partial charge on any atom is 0.118 e. The van der Waals surface area contributed by atoms with Crippen LogP contribution in [0.2, 0.25) is 0 Å². The molecule has 3 heteroatoms. The predicted molar refractivity (Wildman–Crippen MR) is 33.4 cm³/mol. The Bertz CT molecular complexity index is 126. The first-order chi connectivity index (χ1) is 3.93. The van der Waals surface area contributed by atoms with Crippen molar-refractivity contribution >= 4 is 5.84 Å². The van der Waals surface area contributed by atoms with Crippen molar-refractivity contribution in [3.05, 3.63) is 12.3 Å². The van der Waals surface area contributed by atoms with Gasteiger partial charge in [0.05, 0.1) is 0 Å². The number of hydrogen-bond donors (Lipinski definition) is 2. The molecular weight excluding hydrogens is 102 g/mol. The SMILES string of the molecule is CN=C1CC=CNN1. The van der Waals surface area contributed by atoms with Crippen LogP contribution in [0.5, 0.6) is 0 Å². The number of rotatable bonds is 0. The molecule has 0 unspecified atom stereocenters. The van der Waals surface area contributed by atoms with Gasteiger partial charge < -0.3 is 5.43 Å². The summed E-state index contributed by atoms with van der Waals surface area (Å²) in [5.41, 5.74) is 5.71. The fraction of sp³-hybridized carbons (Fsp3) is 0.400. The number of amidine groups is 1. The summed E-state index contributed by atoms with van der Waals surface area (Å²) in [6.07, 6.45) is 4.77. The van der Waals surface area contributed by atoms with E-state index in [9.17, 15) is 0 Å². The molecule has 0 fully saturated rings. The highest BCUT2D eigenvalue weighted by molar-refractivity contribution is 5.83. The number of hydrogen-bond acceptors (Lipinski definition) is 2. The van der Waals surface area contributed by atoms with Crippen molar-refractivity contribution in [1.29, 1.82) is 0 Å². The van der Waals surface area contributed by atoms with E-state index in [1.165, 1.54) is 0 Å². The first-order valence-corrected chi connectivity index (χ1v) is 2.55. The lowest BCUT2D eigenvalue weighted by atomic mass is 10.3. The van der Waals surface area contributed by atoms with E-state index in [1.807, 2.05) is 12.3 Å². The van der Waals surface area contributed by atoms with Crippen LogP contribution in [0.3, 0.4) is 0 Å². The molecule has 0 aromatic heterocycles. The molecule has 0 aliphatic carbocycles. The molecule has 44 valence electrons. The smallest absolute Gasteiger partial charge is 0.118 e. The fourth-order valence-corrected chi connectivity index (χ4v) is 0.553. The Balaban J connectivity index is 2.50. The Morgan fingerprint density at radius 2 is 2.62 bits per heavy atom. The summed E-state index contributed by atoms with van der Waals surface area (Å²) < 4.78 is 0. The van der Waals surface area contributed by atoms with Gasteiger partial charge in [-0.25, -0.2) is 0 Å². The van der Waals surface area contributed by atoms with Crippen LogP contribution in [0.25, 0.3) is 0 Å². The van der Waals surface area contributed by atoms with Crippen LogP contribution in [0.15, 0.2) is 17.3 Å². The standard InChI is InChI=1S/C5H9N3/c1-6-5-3-2-4-7-8-5/h2,4,7H,3H2,1H3,(H,6,8). The monoisotopic (exact) mass is 111 g/mol. The van der Waals surface area contributed by atoms with Gasteiger partial charge in [-0.1, -0.05) is 6.08 Å². The molecule has 0 amide bonds. The van der Waals surface area contributed by atoms with E-state index >= 15 is 0 Å². The minimum Gasteiger partial charge on any atom is -0.307 e. The zero-order valence-electron chi connectivity index (χ0n) is 4.81. The zero-order chi connectivity index (χ0) is 5.82. The minimum atomic E-state index is 0.906. The summed E-state index contributed by atoms with van der Waals surface area (Å²) >= 11 is 0. The topological polar surface area (TPSA) is 36.4 Å². The molecule has 3 nitrogen and oxygen atoms in total. The number of aliphatic imine (C=N–C) groups is 1. The van der Waals surface area contributed by atoms with Crippen LogP contribution >= 0.6 is 0 Å². The van der Waals surface area contributed by atoms with Crippen molar-refractivity contribution in [3.8, 4) is 0 Å². The van der Waals surface area contributed by atoms with Gasteiger partial charge in [0.1, 0.15) is 5.84 Å². The molecule has 8 heavy (non-hydrogen) atoms. The molecule has 1 heterocycles. The van der Waals surface area contributed by atoms with E-state index in [-0.39, 0.29) is 0 Å². The Morgan fingerprint density at radius 1 is 1.75 bits per heavy atom. The highest BCUT2D eigenvalue weighted by atomic mass is 15.4. The van der Waals surface area contributed by atoms with Gasteiger partial charge in [0.25, 0.3) is 0 Å². The van der Waals surface area contributed by atoms with Crippen LogP contribution in [-0.4, -0.2) is 12.9 Å². The van der Waals surface area contributed by atoms with Crippen LogP contribution in [-0.2, 0) is 0 Å². The molecule has 0 bridgehead atoms. The lowest BCUT2D eigenvalue weighted by Gasteiger charge is -2.10. The van der Waals surface area contributed by atoms with Gasteiger partial charge in [-0.2, -0.15) is 0 Å². The maximum atomic E-state index is 3.94. The molecular formula is C5H9N3. The Hall–Kier alpha value is -0.990. The molecule has 2 N–H and O–H groups in total. The molecule has 0 saturated heterocycles. The Labute approximate surface area is 48.5 Å².